The molecule has 2 heterocycles. The van der Waals surface area contributed by atoms with Crippen molar-refractivity contribution < 1.29 is 5.21 Å². The molecule has 0 spiro atoms. The Bertz CT molecular complexity index is 635. The number of pyridine rings is 1. The van der Waals surface area contributed by atoms with E-state index in [1.54, 1.807) is 12.3 Å². The second-order valence-electron chi connectivity index (χ2n) is 4.18. The standard InChI is InChI=1S/C12H14ClN5O/c1-7-11(13)8(2)18(16-7)6-9-3-4-15-10(5-9)12(14)17-19/h3-5,19H,6H2,1-2H3,(H2,14,17). The van der Waals surface area contributed by atoms with Gasteiger partial charge in [0.2, 0.25) is 0 Å². The maximum Gasteiger partial charge on any atom is 0.188 e. The summed E-state index contributed by atoms with van der Waals surface area (Å²) in [6, 6.07) is 3.60. The largest absolute Gasteiger partial charge is 0.409 e. The van der Waals surface area contributed by atoms with Gasteiger partial charge in [-0.15, -0.1) is 0 Å². The lowest BCUT2D eigenvalue weighted by Gasteiger charge is -2.06. The smallest absolute Gasteiger partial charge is 0.188 e. The molecule has 19 heavy (non-hydrogen) atoms. The van der Waals surface area contributed by atoms with Gasteiger partial charge < -0.3 is 10.9 Å². The van der Waals surface area contributed by atoms with Crippen molar-refractivity contribution in [2.45, 2.75) is 20.4 Å². The van der Waals surface area contributed by atoms with Crippen molar-refractivity contribution in [1.82, 2.24) is 14.8 Å². The third kappa shape index (κ3) is 2.68. The lowest BCUT2D eigenvalue weighted by molar-refractivity contribution is 0.318. The summed E-state index contributed by atoms with van der Waals surface area (Å²) in [5.74, 6) is -0.0201. The molecule has 3 N–H and O–H groups in total. The minimum atomic E-state index is -0.0201. The van der Waals surface area contributed by atoms with Crippen LogP contribution in [0.15, 0.2) is 23.5 Å². The van der Waals surface area contributed by atoms with Crippen LogP contribution >= 0.6 is 11.6 Å². The molecule has 0 aliphatic rings. The van der Waals surface area contributed by atoms with Crippen molar-refractivity contribution in [3.63, 3.8) is 0 Å². The highest BCUT2D eigenvalue weighted by Crippen LogP contribution is 2.19. The van der Waals surface area contributed by atoms with Gasteiger partial charge in [-0.25, -0.2) is 0 Å². The van der Waals surface area contributed by atoms with Crippen LogP contribution in [0.1, 0.15) is 22.6 Å². The van der Waals surface area contributed by atoms with E-state index in [0.29, 0.717) is 17.3 Å². The second kappa shape index (κ2) is 5.27. The molecule has 0 saturated heterocycles. The number of hydrogen-bond acceptors (Lipinski definition) is 4. The number of nitrogens with zero attached hydrogens (tertiary/aromatic N) is 4. The summed E-state index contributed by atoms with van der Waals surface area (Å²) >= 11 is 6.10. The zero-order valence-corrected chi connectivity index (χ0v) is 11.4. The van der Waals surface area contributed by atoms with E-state index in [-0.39, 0.29) is 5.84 Å². The normalized spacial score (nSPS) is 11.8. The number of amidine groups is 1. The SMILES string of the molecule is Cc1nn(Cc2ccnc(C(N)=NO)c2)c(C)c1Cl. The summed E-state index contributed by atoms with van der Waals surface area (Å²) in [4.78, 5) is 4.03. The van der Waals surface area contributed by atoms with Crippen LogP contribution in [0.2, 0.25) is 5.02 Å². The van der Waals surface area contributed by atoms with E-state index in [0.717, 1.165) is 17.0 Å². The summed E-state index contributed by atoms with van der Waals surface area (Å²) in [5, 5.41) is 16.6. The molecule has 0 aliphatic carbocycles. The van der Waals surface area contributed by atoms with Gasteiger partial charge in [-0.3, -0.25) is 9.67 Å². The average molecular weight is 280 g/mol. The van der Waals surface area contributed by atoms with Gasteiger partial charge in [0.15, 0.2) is 5.84 Å². The third-order valence-electron chi connectivity index (χ3n) is 2.82. The molecule has 0 fully saturated rings. The highest BCUT2D eigenvalue weighted by atomic mass is 35.5. The van der Waals surface area contributed by atoms with Crippen molar-refractivity contribution in [2.75, 3.05) is 0 Å². The van der Waals surface area contributed by atoms with Crippen LogP contribution in [-0.2, 0) is 6.54 Å². The van der Waals surface area contributed by atoms with Gasteiger partial charge in [-0.05, 0) is 31.5 Å². The molecule has 0 bridgehead atoms. The first-order valence-corrected chi connectivity index (χ1v) is 6.03. The quantitative estimate of drug-likeness (QED) is 0.387. The van der Waals surface area contributed by atoms with Crippen LogP contribution in [0.4, 0.5) is 0 Å². The highest BCUT2D eigenvalue weighted by Gasteiger charge is 2.10. The first-order valence-electron chi connectivity index (χ1n) is 5.65. The molecule has 0 saturated carbocycles. The molecule has 0 radical (unpaired) electrons. The minimum Gasteiger partial charge on any atom is -0.409 e. The van der Waals surface area contributed by atoms with Crippen LogP contribution in [0, 0.1) is 13.8 Å². The van der Waals surface area contributed by atoms with Crippen LogP contribution in [0.25, 0.3) is 0 Å². The summed E-state index contributed by atoms with van der Waals surface area (Å²) in [7, 11) is 0. The van der Waals surface area contributed by atoms with E-state index >= 15 is 0 Å². The Morgan fingerprint density at radius 3 is 2.84 bits per heavy atom. The van der Waals surface area contributed by atoms with Crippen molar-refractivity contribution in [3.05, 3.63) is 46.0 Å². The Kier molecular flexibility index (Phi) is 3.71. The summed E-state index contributed by atoms with van der Waals surface area (Å²) in [5.41, 5.74) is 8.58. The molecule has 0 aromatic carbocycles. The number of aromatic nitrogens is 3. The predicted molar refractivity (Wildman–Crippen MR) is 72.6 cm³/mol. The number of hydrogen-bond donors (Lipinski definition) is 2. The Hall–Kier alpha value is -2.08. The van der Waals surface area contributed by atoms with Gasteiger partial charge in [0, 0.05) is 6.20 Å². The first-order chi connectivity index (χ1) is 9.02. The molecule has 6 nitrogen and oxygen atoms in total. The summed E-state index contributed by atoms with van der Waals surface area (Å²) < 4.78 is 1.81. The van der Waals surface area contributed by atoms with Gasteiger partial charge in [0.1, 0.15) is 5.69 Å². The summed E-state index contributed by atoms with van der Waals surface area (Å²) in [6.07, 6.45) is 1.61. The minimum absolute atomic E-state index is 0.0201. The lowest BCUT2D eigenvalue weighted by atomic mass is 10.2. The molecule has 0 aliphatic heterocycles. The maximum atomic E-state index is 8.64. The number of halogens is 1. The van der Waals surface area contributed by atoms with Gasteiger partial charge in [-0.2, -0.15) is 5.10 Å². The second-order valence-corrected chi connectivity index (χ2v) is 4.55. The van der Waals surface area contributed by atoms with E-state index < -0.39 is 0 Å². The molecule has 100 valence electrons. The molecule has 0 unspecified atom stereocenters. The number of rotatable bonds is 3. The van der Waals surface area contributed by atoms with Crippen LogP contribution in [0.3, 0.4) is 0 Å². The monoisotopic (exact) mass is 279 g/mol. The van der Waals surface area contributed by atoms with Crippen molar-refractivity contribution in [3.8, 4) is 0 Å². The van der Waals surface area contributed by atoms with Crippen LogP contribution < -0.4 is 5.73 Å². The zero-order valence-electron chi connectivity index (χ0n) is 10.6. The molecular formula is C12H14ClN5O. The first kappa shape index (κ1) is 13.4. The fourth-order valence-electron chi connectivity index (χ4n) is 1.77. The topological polar surface area (TPSA) is 89.3 Å². The van der Waals surface area contributed by atoms with E-state index in [1.807, 2.05) is 24.6 Å². The van der Waals surface area contributed by atoms with Crippen LogP contribution in [-0.4, -0.2) is 25.8 Å². The maximum absolute atomic E-state index is 8.64. The molecule has 7 heteroatoms. The lowest BCUT2D eigenvalue weighted by Crippen LogP contribution is -2.15. The average Bonchev–Trinajstić information content (AvgIpc) is 2.66. The van der Waals surface area contributed by atoms with Gasteiger partial charge in [0.25, 0.3) is 0 Å². The van der Waals surface area contributed by atoms with E-state index in [2.05, 4.69) is 15.2 Å². The molecule has 2 aromatic rings. The molecule has 2 rings (SSSR count). The Labute approximate surface area is 115 Å². The third-order valence-corrected chi connectivity index (χ3v) is 3.37. The van der Waals surface area contributed by atoms with E-state index in [1.165, 1.54) is 0 Å². The fraction of sp³-hybridized carbons (Fsp3) is 0.250. The highest BCUT2D eigenvalue weighted by molar-refractivity contribution is 6.31. The molecular weight excluding hydrogens is 266 g/mol. The predicted octanol–water partition coefficient (Wildman–Crippen LogP) is 1.69. The Balaban J connectivity index is 2.31. The molecule has 0 amide bonds. The zero-order chi connectivity index (χ0) is 14.0. The Morgan fingerprint density at radius 2 is 2.26 bits per heavy atom. The van der Waals surface area contributed by atoms with Gasteiger partial charge in [0.05, 0.1) is 23.0 Å². The number of nitrogens with two attached hydrogens (primary N) is 1. The van der Waals surface area contributed by atoms with Crippen molar-refractivity contribution in [2.24, 2.45) is 10.9 Å². The molecule has 0 atom stereocenters. The number of aryl methyl sites for hydroxylation is 1. The Morgan fingerprint density at radius 1 is 1.53 bits per heavy atom. The van der Waals surface area contributed by atoms with Crippen molar-refractivity contribution >= 4 is 17.4 Å². The van der Waals surface area contributed by atoms with Gasteiger partial charge in [-0.1, -0.05) is 16.8 Å². The summed E-state index contributed by atoms with van der Waals surface area (Å²) in [6.45, 7) is 4.32. The van der Waals surface area contributed by atoms with Gasteiger partial charge >= 0.3 is 0 Å². The van der Waals surface area contributed by atoms with E-state index in [4.69, 9.17) is 22.5 Å². The van der Waals surface area contributed by atoms with Crippen LogP contribution in [0.5, 0.6) is 0 Å². The fourth-order valence-corrected chi connectivity index (χ4v) is 1.90. The molecule has 2 aromatic heterocycles. The van der Waals surface area contributed by atoms with Crippen molar-refractivity contribution in [1.29, 1.82) is 0 Å². The number of oxime groups is 1. The van der Waals surface area contributed by atoms with E-state index in [9.17, 15) is 0 Å².